The van der Waals surface area contributed by atoms with Crippen molar-refractivity contribution in [1.29, 1.82) is 0 Å². The maximum Gasteiger partial charge on any atom is 0.326 e. The third kappa shape index (κ3) is 3.64. The molecule has 6 nitrogen and oxygen atoms in total. The molecule has 1 atom stereocenters. The van der Waals surface area contributed by atoms with Crippen molar-refractivity contribution in [2.24, 2.45) is 0 Å². The minimum atomic E-state index is -1.04. The Balaban J connectivity index is 1.72. The standard InChI is InChI=1S/C18H21N3O3/c22-17(16-10-11-19-21(16)14-8-4-5-9-14)20-15(18(23)24)12-13-6-2-1-3-7-13/h1-3,6-7,10-11,14-15H,4-5,8-9,12H2,(H,20,22)(H,23,24). The number of aromatic nitrogens is 2. The fourth-order valence-electron chi connectivity index (χ4n) is 3.22. The van der Waals surface area contributed by atoms with Crippen LogP contribution < -0.4 is 5.32 Å². The summed E-state index contributed by atoms with van der Waals surface area (Å²) in [5.41, 5.74) is 1.30. The molecule has 1 aromatic carbocycles. The van der Waals surface area contributed by atoms with E-state index in [1.807, 2.05) is 30.3 Å². The van der Waals surface area contributed by atoms with Gasteiger partial charge in [0.1, 0.15) is 11.7 Å². The Morgan fingerprint density at radius 3 is 2.58 bits per heavy atom. The normalized spacial score (nSPS) is 16.0. The van der Waals surface area contributed by atoms with Gasteiger partial charge in [-0.2, -0.15) is 5.10 Å². The summed E-state index contributed by atoms with van der Waals surface area (Å²) in [6.07, 6.45) is 6.14. The van der Waals surface area contributed by atoms with Gasteiger partial charge in [0.2, 0.25) is 0 Å². The predicted octanol–water partition coefficient (Wildman–Crippen LogP) is 2.42. The molecule has 1 unspecified atom stereocenters. The molecule has 1 aromatic heterocycles. The highest BCUT2D eigenvalue weighted by Gasteiger charge is 2.26. The van der Waals surface area contributed by atoms with E-state index in [0.717, 1.165) is 31.2 Å². The first-order chi connectivity index (χ1) is 11.6. The first kappa shape index (κ1) is 16.2. The molecule has 1 aliphatic carbocycles. The summed E-state index contributed by atoms with van der Waals surface area (Å²) < 4.78 is 1.74. The van der Waals surface area contributed by atoms with E-state index in [0.29, 0.717) is 5.69 Å². The molecule has 1 amide bonds. The van der Waals surface area contributed by atoms with Crippen LogP contribution in [0.15, 0.2) is 42.6 Å². The third-order valence-electron chi connectivity index (χ3n) is 4.46. The largest absolute Gasteiger partial charge is 0.480 e. The highest BCUT2D eigenvalue weighted by Crippen LogP contribution is 2.29. The van der Waals surface area contributed by atoms with E-state index in [4.69, 9.17) is 0 Å². The van der Waals surface area contributed by atoms with Crippen molar-refractivity contribution in [1.82, 2.24) is 15.1 Å². The topological polar surface area (TPSA) is 84.2 Å². The Bertz CT molecular complexity index is 705. The van der Waals surface area contributed by atoms with E-state index in [9.17, 15) is 14.7 Å². The summed E-state index contributed by atoms with van der Waals surface area (Å²) in [4.78, 5) is 24.1. The Morgan fingerprint density at radius 2 is 1.92 bits per heavy atom. The van der Waals surface area contributed by atoms with Gasteiger partial charge in [0.05, 0.1) is 6.04 Å². The van der Waals surface area contributed by atoms with E-state index in [2.05, 4.69) is 10.4 Å². The molecule has 1 fully saturated rings. The summed E-state index contributed by atoms with van der Waals surface area (Å²) in [6, 6.07) is 10.2. The number of aliphatic carboxylic acids is 1. The first-order valence-corrected chi connectivity index (χ1v) is 8.26. The van der Waals surface area contributed by atoms with Crippen LogP contribution in [0.5, 0.6) is 0 Å². The zero-order valence-corrected chi connectivity index (χ0v) is 13.4. The number of carboxylic acid groups (broad SMARTS) is 1. The second kappa shape index (κ2) is 7.29. The van der Waals surface area contributed by atoms with Crippen LogP contribution in [0.1, 0.15) is 47.8 Å². The number of nitrogens with zero attached hydrogens (tertiary/aromatic N) is 2. The van der Waals surface area contributed by atoms with E-state index < -0.39 is 12.0 Å². The van der Waals surface area contributed by atoms with Crippen LogP contribution in [0, 0.1) is 0 Å². The van der Waals surface area contributed by atoms with E-state index in [1.165, 1.54) is 0 Å². The van der Waals surface area contributed by atoms with E-state index >= 15 is 0 Å². The summed E-state index contributed by atoms with van der Waals surface area (Å²) in [5, 5.41) is 16.3. The van der Waals surface area contributed by atoms with Gasteiger partial charge in [-0.3, -0.25) is 9.48 Å². The number of benzene rings is 1. The van der Waals surface area contributed by atoms with Crippen LogP contribution in [-0.2, 0) is 11.2 Å². The lowest BCUT2D eigenvalue weighted by Gasteiger charge is -2.17. The molecule has 2 N–H and O–H groups in total. The predicted molar refractivity (Wildman–Crippen MR) is 88.8 cm³/mol. The van der Waals surface area contributed by atoms with Gasteiger partial charge in [0, 0.05) is 12.6 Å². The molecule has 1 saturated carbocycles. The second-order valence-corrected chi connectivity index (χ2v) is 6.15. The zero-order chi connectivity index (χ0) is 16.9. The van der Waals surface area contributed by atoms with Gasteiger partial charge in [0.25, 0.3) is 5.91 Å². The number of hydrogen-bond acceptors (Lipinski definition) is 3. The Hall–Kier alpha value is -2.63. The van der Waals surface area contributed by atoms with Gasteiger partial charge in [-0.1, -0.05) is 43.2 Å². The number of rotatable bonds is 6. The lowest BCUT2D eigenvalue weighted by Crippen LogP contribution is -2.43. The molecule has 0 radical (unpaired) electrons. The number of amides is 1. The Labute approximate surface area is 140 Å². The highest BCUT2D eigenvalue weighted by atomic mass is 16.4. The van der Waals surface area contributed by atoms with Crippen molar-refractivity contribution in [3.05, 3.63) is 53.9 Å². The lowest BCUT2D eigenvalue weighted by atomic mass is 10.1. The molecule has 6 heteroatoms. The molecule has 126 valence electrons. The Morgan fingerprint density at radius 1 is 1.21 bits per heavy atom. The number of carboxylic acids is 1. The fourth-order valence-corrected chi connectivity index (χ4v) is 3.22. The molecule has 0 aliphatic heterocycles. The highest BCUT2D eigenvalue weighted by molar-refractivity contribution is 5.95. The maximum atomic E-state index is 12.6. The van der Waals surface area contributed by atoms with Crippen molar-refractivity contribution >= 4 is 11.9 Å². The number of carbonyl (C=O) groups is 2. The zero-order valence-electron chi connectivity index (χ0n) is 13.4. The van der Waals surface area contributed by atoms with Crippen molar-refractivity contribution in [2.75, 3.05) is 0 Å². The summed E-state index contributed by atoms with van der Waals surface area (Å²) in [5.74, 6) is -1.43. The molecule has 24 heavy (non-hydrogen) atoms. The van der Waals surface area contributed by atoms with Crippen LogP contribution >= 0.6 is 0 Å². The Kier molecular flexibility index (Phi) is 4.93. The molecule has 0 saturated heterocycles. The summed E-state index contributed by atoms with van der Waals surface area (Å²) in [7, 11) is 0. The van der Waals surface area contributed by atoms with E-state index in [-0.39, 0.29) is 18.4 Å². The van der Waals surface area contributed by atoms with Crippen LogP contribution in [0.3, 0.4) is 0 Å². The SMILES string of the molecule is O=C(NC(Cc1ccccc1)C(=O)O)c1ccnn1C1CCCC1. The first-order valence-electron chi connectivity index (χ1n) is 8.26. The molecule has 0 spiro atoms. The van der Waals surface area contributed by atoms with Gasteiger partial charge >= 0.3 is 5.97 Å². The van der Waals surface area contributed by atoms with Crippen LogP contribution in [0.2, 0.25) is 0 Å². The van der Waals surface area contributed by atoms with Gasteiger partial charge in [-0.05, 0) is 24.5 Å². The molecule has 2 aromatic rings. The lowest BCUT2D eigenvalue weighted by molar-refractivity contribution is -0.139. The summed E-state index contributed by atoms with van der Waals surface area (Å²) in [6.45, 7) is 0. The molecular weight excluding hydrogens is 306 g/mol. The van der Waals surface area contributed by atoms with Gasteiger partial charge in [-0.15, -0.1) is 0 Å². The monoisotopic (exact) mass is 327 g/mol. The minimum Gasteiger partial charge on any atom is -0.480 e. The van der Waals surface area contributed by atoms with Crippen LogP contribution in [0.4, 0.5) is 0 Å². The number of hydrogen-bond donors (Lipinski definition) is 2. The summed E-state index contributed by atoms with van der Waals surface area (Å²) >= 11 is 0. The third-order valence-corrected chi connectivity index (χ3v) is 4.46. The van der Waals surface area contributed by atoms with Gasteiger partial charge in [0.15, 0.2) is 0 Å². The fraction of sp³-hybridized carbons (Fsp3) is 0.389. The number of carbonyl (C=O) groups excluding carboxylic acids is 1. The maximum absolute atomic E-state index is 12.6. The van der Waals surface area contributed by atoms with Crippen LogP contribution in [-0.4, -0.2) is 32.8 Å². The second-order valence-electron chi connectivity index (χ2n) is 6.15. The van der Waals surface area contributed by atoms with Crippen molar-refractivity contribution < 1.29 is 14.7 Å². The average Bonchev–Trinajstić information content (AvgIpc) is 3.26. The molecule has 1 heterocycles. The molecule has 3 rings (SSSR count). The molecule has 0 bridgehead atoms. The van der Waals surface area contributed by atoms with E-state index in [1.54, 1.807) is 16.9 Å². The van der Waals surface area contributed by atoms with Gasteiger partial charge < -0.3 is 10.4 Å². The van der Waals surface area contributed by atoms with Crippen molar-refractivity contribution in [3.8, 4) is 0 Å². The van der Waals surface area contributed by atoms with Crippen LogP contribution in [0.25, 0.3) is 0 Å². The van der Waals surface area contributed by atoms with Crippen molar-refractivity contribution in [3.63, 3.8) is 0 Å². The van der Waals surface area contributed by atoms with Crippen molar-refractivity contribution in [2.45, 2.75) is 44.2 Å². The quantitative estimate of drug-likeness (QED) is 0.853. The molecular formula is C18H21N3O3. The molecule has 1 aliphatic rings. The minimum absolute atomic E-state index is 0.234. The smallest absolute Gasteiger partial charge is 0.326 e. The average molecular weight is 327 g/mol. The number of nitrogens with one attached hydrogen (secondary N) is 1. The van der Waals surface area contributed by atoms with Gasteiger partial charge in [-0.25, -0.2) is 4.79 Å².